The van der Waals surface area contributed by atoms with Gasteiger partial charge in [0.2, 0.25) is 0 Å². The summed E-state index contributed by atoms with van der Waals surface area (Å²) in [4.78, 5) is 19.2. The SMILES string of the molecule is CC(NC(=O)NCc1cccnc1N1CCOCC1)c1ccc2c(c1)CCCC2. The summed E-state index contributed by atoms with van der Waals surface area (Å²) in [5, 5.41) is 6.06. The zero-order valence-electron chi connectivity index (χ0n) is 17.1. The first-order valence-electron chi connectivity index (χ1n) is 10.6. The first-order chi connectivity index (χ1) is 14.2. The maximum absolute atomic E-state index is 12.5. The second kappa shape index (κ2) is 9.27. The van der Waals surface area contributed by atoms with Crippen LogP contribution in [0, 0.1) is 0 Å². The molecular formula is C23H30N4O2. The number of amides is 2. The molecule has 1 aliphatic carbocycles. The normalized spacial score (nSPS) is 17.3. The fraction of sp³-hybridized carbons (Fsp3) is 0.478. The summed E-state index contributed by atoms with van der Waals surface area (Å²) in [5.41, 5.74) is 5.08. The van der Waals surface area contributed by atoms with E-state index < -0.39 is 0 Å². The van der Waals surface area contributed by atoms with Crippen molar-refractivity contribution in [2.24, 2.45) is 0 Å². The number of hydrogen-bond acceptors (Lipinski definition) is 4. The molecule has 0 saturated carbocycles. The van der Waals surface area contributed by atoms with Crippen molar-refractivity contribution in [3.63, 3.8) is 0 Å². The third kappa shape index (κ3) is 4.88. The number of fused-ring (bicyclic) bond motifs is 1. The number of nitrogens with one attached hydrogen (secondary N) is 2. The number of benzene rings is 1. The fourth-order valence-electron chi connectivity index (χ4n) is 4.16. The highest BCUT2D eigenvalue weighted by molar-refractivity contribution is 5.74. The van der Waals surface area contributed by atoms with Gasteiger partial charge in [0.15, 0.2) is 0 Å². The lowest BCUT2D eigenvalue weighted by molar-refractivity contribution is 0.122. The van der Waals surface area contributed by atoms with E-state index in [1.54, 1.807) is 6.20 Å². The lowest BCUT2D eigenvalue weighted by Gasteiger charge is -2.29. The Morgan fingerprint density at radius 3 is 2.79 bits per heavy atom. The summed E-state index contributed by atoms with van der Waals surface area (Å²) in [6.07, 6.45) is 6.66. The molecule has 0 bridgehead atoms. The van der Waals surface area contributed by atoms with E-state index in [1.807, 2.05) is 19.1 Å². The molecular weight excluding hydrogens is 364 g/mol. The van der Waals surface area contributed by atoms with E-state index in [2.05, 4.69) is 38.7 Å². The molecule has 1 aromatic heterocycles. The number of hydrogen-bond donors (Lipinski definition) is 2. The number of aromatic nitrogens is 1. The Balaban J connectivity index is 1.34. The van der Waals surface area contributed by atoms with Crippen LogP contribution in [0.25, 0.3) is 0 Å². The number of urea groups is 1. The lowest BCUT2D eigenvalue weighted by atomic mass is 9.89. The van der Waals surface area contributed by atoms with Crippen LogP contribution in [0.4, 0.5) is 10.6 Å². The number of aryl methyl sites for hydroxylation is 2. The van der Waals surface area contributed by atoms with Crippen LogP contribution in [0.1, 0.15) is 48.1 Å². The maximum atomic E-state index is 12.5. The monoisotopic (exact) mass is 394 g/mol. The molecule has 1 aliphatic heterocycles. The molecule has 2 heterocycles. The van der Waals surface area contributed by atoms with Crippen LogP contribution in [-0.4, -0.2) is 37.3 Å². The molecule has 0 spiro atoms. The van der Waals surface area contributed by atoms with Gasteiger partial charge in [0.1, 0.15) is 5.82 Å². The Morgan fingerprint density at radius 1 is 1.17 bits per heavy atom. The third-order valence-corrected chi connectivity index (χ3v) is 5.84. The minimum absolute atomic E-state index is 0.0326. The summed E-state index contributed by atoms with van der Waals surface area (Å²) in [7, 11) is 0. The predicted molar refractivity (Wildman–Crippen MR) is 114 cm³/mol. The van der Waals surface area contributed by atoms with E-state index in [4.69, 9.17) is 4.74 Å². The number of morpholine rings is 1. The zero-order chi connectivity index (χ0) is 20.1. The topological polar surface area (TPSA) is 66.5 Å². The summed E-state index contributed by atoms with van der Waals surface area (Å²) in [6, 6.07) is 10.4. The molecule has 2 amide bonds. The smallest absolute Gasteiger partial charge is 0.315 e. The highest BCUT2D eigenvalue weighted by Gasteiger charge is 2.17. The summed E-state index contributed by atoms with van der Waals surface area (Å²) in [5.74, 6) is 0.929. The van der Waals surface area contributed by atoms with Gasteiger partial charge in [-0.05, 0) is 55.4 Å². The molecule has 1 fully saturated rings. The van der Waals surface area contributed by atoms with E-state index in [1.165, 1.54) is 30.4 Å². The largest absolute Gasteiger partial charge is 0.378 e. The molecule has 1 unspecified atom stereocenters. The number of pyridine rings is 1. The van der Waals surface area contributed by atoms with Crippen LogP contribution in [0.3, 0.4) is 0 Å². The first-order valence-corrected chi connectivity index (χ1v) is 10.6. The molecule has 2 aromatic rings. The highest BCUT2D eigenvalue weighted by atomic mass is 16.5. The molecule has 2 aliphatic rings. The summed E-state index contributed by atoms with van der Waals surface area (Å²) in [6.45, 7) is 5.55. The quantitative estimate of drug-likeness (QED) is 0.816. The molecule has 6 nitrogen and oxygen atoms in total. The van der Waals surface area contributed by atoms with Crippen molar-refractivity contribution in [2.75, 3.05) is 31.2 Å². The van der Waals surface area contributed by atoms with E-state index in [0.717, 1.165) is 36.5 Å². The van der Waals surface area contributed by atoms with Gasteiger partial charge in [-0.2, -0.15) is 0 Å². The van der Waals surface area contributed by atoms with Crippen molar-refractivity contribution in [2.45, 2.75) is 45.2 Å². The molecule has 1 aromatic carbocycles. The van der Waals surface area contributed by atoms with Crippen molar-refractivity contribution in [3.8, 4) is 0 Å². The number of rotatable bonds is 5. The predicted octanol–water partition coefficient (Wildman–Crippen LogP) is 3.36. The van der Waals surface area contributed by atoms with Crippen molar-refractivity contribution in [1.29, 1.82) is 0 Å². The minimum atomic E-state index is -0.160. The molecule has 6 heteroatoms. The second-order valence-electron chi connectivity index (χ2n) is 7.87. The first kappa shape index (κ1) is 19.7. The van der Waals surface area contributed by atoms with Gasteiger partial charge in [-0.15, -0.1) is 0 Å². The van der Waals surface area contributed by atoms with Gasteiger partial charge >= 0.3 is 6.03 Å². The van der Waals surface area contributed by atoms with E-state index in [-0.39, 0.29) is 12.1 Å². The van der Waals surface area contributed by atoms with Crippen molar-refractivity contribution in [1.82, 2.24) is 15.6 Å². The van der Waals surface area contributed by atoms with Crippen LogP contribution in [0.5, 0.6) is 0 Å². The van der Waals surface area contributed by atoms with Crippen molar-refractivity contribution in [3.05, 3.63) is 58.8 Å². The molecule has 29 heavy (non-hydrogen) atoms. The van der Waals surface area contributed by atoms with E-state index >= 15 is 0 Å². The van der Waals surface area contributed by atoms with E-state index in [9.17, 15) is 4.79 Å². The molecule has 154 valence electrons. The molecule has 2 N–H and O–H groups in total. The van der Waals surface area contributed by atoms with Gasteiger partial charge in [0.25, 0.3) is 0 Å². The standard InChI is InChI=1S/C23H30N4O2/c1-17(19-9-8-18-5-2-3-6-20(18)15-19)26-23(28)25-16-21-7-4-10-24-22(21)27-11-13-29-14-12-27/h4,7-10,15,17H,2-3,5-6,11-14,16H2,1H3,(H2,25,26,28). The summed E-state index contributed by atoms with van der Waals surface area (Å²) < 4.78 is 5.43. The zero-order valence-corrected chi connectivity index (χ0v) is 17.1. The third-order valence-electron chi connectivity index (χ3n) is 5.84. The lowest BCUT2D eigenvalue weighted by Crippen LogP contribution is -2.39. The Kier molecular flexibility index (Phi) is 6.30. The Labute approximate surface area is 172 Å². The van der Waals surface area contributed by atoms with Crippen LogP contribution < -0.4 is 15.5 Å². The molecule has 1 saturated heterocycles. The van der Waals surface area contributed by atoms with Gasteiger partial charge in [-0.3, -0.25) is 0 Å². The average molecular weight is 395 g/mol. The van der Waals surface area contributed by atoms with Gasteiger partial charge in [0, 0.05) is 31.4 Å². The fourth-order valence-corrected chi connectivity index (χ4v) is 4.16. The van der Waals surface area contributed by atoms with E-state index in [0.29, 0.717) is 19.8 Å². The van der Waals surface area contributed by atoms with Crippen LogP contribution in [0.15, 0.2) is 36.5 Å². The minimum Gasteiger partial charge on any atom is -0.378 e. The molecule has 4 rings (SSSR count). The van der Waals surface area contributed by atoms with Crippen LogP contribution in [-0.2, 0) is 24.1 Å². The van der Waals surface area contributed by atoms with Gasteiger partial charge in [0.05, 0.1) is 19.3 Å². The van der Waals surface area contributed by atoms with Gasteiger partial charge in [-0.25, -0.2) is 9.78 Å². The van der Waals surface area contributed by atoms with Crippen molar-refractivity contribution >= 4 is 11.8 Å². The van der Waals surface area contributed by atoms with Gasteiger partial charge < -0.3 is 20.3 Å². The average Bonchev–Trinajstić information content (AvgIpc) is 2.78. The molecule has 0 radical (unpaired) electrons. The maximum Gasteiger partial charge on any atom is 0.315 e. The Bertz CT molecular complexity index is 849. The Hall–Kier alpha value is -2.60. The number of anilines is 1. The number of nitrogens with zero attached hydrogens (tertiary/aromatic N) is 2. The van der Waals surface area contributed by atoms with Crippen LogP contribution in [0.2, 0.25) is 0 Å². The highest BCUT2D eigenvalue weighted by Crippen LogP contribution is 2.25. The summed E-state index contributed by atoms with van der Waals surface area (Å²) >= 11 is 0. The van der Waals surface area contributed by atoms with Gasteiger partial charge in [-0.1, -0.05) is 24.3 Å². The number of carbonyl (C=O) groups is 1. The number of carbonyl (C=O) groups excluding carboxylic acids is 1. The van der Waals surface area contributed by atoms with Crippen molar-refractivity contribution < 1.29 is 9.53 Å². The second-order valence-corrected chi connectivity index (χ2v) is 7.87. The van der Waals surface area contributed by atoms with Crippen LogP contribution >= 0.6 is 0 Å². The number of ether oxygens (including phenoxy) is 1. The molecule has 1 atom stereocenters. The Morgan fingerprint density at radius 2 is 1.97 bits per heavy atom.